The van der Waals surface area contributed by atoms with Crippen molar-refractivity contribution in [2.45, 2.75) is 6.92 Å². The van der Waals surface area contributed by atoms with E-state index >= 15 is 0 Å². The summed E-state index contributed by atoms with van der Waals surface area (Å²) in [6.45, 7) is 1.42. The second kappa shape index (κ2) is 2.74. The Labute approximate surface area is 80.6 Å². The standard InChI is InChI=1S/C6H3ClFN3OS/c1-2-3(8)4(12)11-6(9-2)13-5(7)10-11/h1H3. The van der Waals surface area contributed by atoms with Crippen LogP contribution in [0.5, 0.6) is 0 Å². The zero-order chi connectivity index (χ0) is 9.59. The van der Waals surface area contributed by atoms with Gasteiger partial charge in [-0.05, 0) is 18.5 Å². The maximum atomic E-state index is 13.0. The predicted molar refractivity (Wildman–Crippen MR) is 46.8 cm³/mol. The maximum Gasteiger partial charge on any atom is 0.311 e. The highest BCUT2D eigenvalue weighted by atomic mass is 35.5. The quantitative estimate of drug-likeness (QED) is 0.670. The Hall–Kier alpha value is -1.01. The molecule has 0 saturated carbocycles. The van der Waals surface area contributed by atoms with E-state index in [-0.39, 0.29) is 10.2 Å². The molecule has 0 saturated heterocycles. The maximum absolute atomic E-state index is 13.0. The molecule has 2 aromatic heterocycles. The van der Waals surface area contributed by atoms with Crippen LogP contribution in [-0.4, -0.2) is 14.6 Å². The van der Waals surface area contributed by atoms with Crippen molar-refractivity contribution >= 4 is 27.9 Å². The zero-order valence-electron chi connectivity index (χ0n) is 6.41. The summed E-state index contributed by atoms with van der Waals surface area (Å²) in [5, 5.41) is 3.60. The molecule has 2 aromatic rings. The highest BCUT2D eigenvalue weighted by molar-refractivity contribution is 7.20. The Bertz CT molecular complexity index is 534. The van der Waals surface area contributed by atoms with Gasteiger partial charge in [0.1, 0.15) is 0 Å². The molecular formula is C6H3ClFN3OS. The number of hydrogen-bond acceptors (Lipinski definition) is 4. The average molecular weight is 220 g/mol. The summed E-state index contributed by atoms with van der Waals surface area (Å²) < 4.78 is 14.0. The lowest BCUT2D eigenvalue weighted by Crippen LogP contribution is -2.20. The highest BCUT2D eigenvalue weighted by Crippen LogP contribution is 2.16. The van der Waals surface area contributed by atoms with Gasteiger partial charge in [0.05, 0.1) is 5.69 Å². The van der Waals surface area contributed by atoms with Gasteiger partial charge < -0.3 is 0 Å². The monoisotopic (exact) mass is 219 g/mol. The molecule has 0 spiro atoms. The Morgan fingerprint density at radius 2 is 2.31 bits per heavy atom. The minimum Gasteiger partial charge on any atom is -0.264 e. The van der Waals surface area contributed by atoms with E-state index in [1.807, 2.05) is 0 Å². The minimum atomic E-state index is -0.889. The van der Waals surface area contributed by atoms with Crippen molar-refractivity contribution in [1.82, 2.24) is 14.6 Å². The molecule has 0 N–H and O–H groups in total. The molecule has 0 atom stereocenters. The SMILES string of the molecule is Cc1nc2sc(Cl)nn2c(=O)c1F. The third-order valence-corrected chi connectivity index (χ3v) is 2.50. The molecular weight excluding hydrogens is 217 g/mol. The van der Waals surface area contributed by atoms with Crippen LogP contribution in [0.1, 0.15) is 5.69 Å². The molecule has 0 aliphatic carbocycles. The van der Waals surface area contributed by atoms with Crippen molar-refractivity contribution in [1.29, 1.82) is 0 Å². The van der Waals surface area contributed by atoms with E-state index in [9.17, 15) is 9.18 Å². The molecule has 0 amide bonds. The summed E-state index contributed by atoms with van der Waals surface area (Å²) in [6, 6.07) is 0. The Kier molecular flexibility index (Phi) is 1.81. The van der Waals surface area contributed by atoms with Gasteiger partial charge in [-0.25, -0.2) is 4.98 Å². The molecule has 0 unspecified atom stereocenters. The summed E-state index contributed by atoms with van der Waals surface area (Å²) in [5.74, 6) is -0.889. The number of fused-ring (bicyclic) bond motifs is 1. The molecule has 0 radical (unpaired) electrons. The van der Waals surface area contributed by atoms with Gasteiger partial charge in [0, 0.05) is 0 Å². The van der Waals surface area contributed by atoms with Crippen molar-refractivity contribution in [2.75, 3.05) is 0 Å². The van der Waals surface area contributed by atoms with Crippen LogP contribution in [0, 0.1) is 12.7 Å². The van der Waals surface area contributed by atoms with Crippen LogP contribution in [0.4, 0.5) is 4.39 Å². The van der Waals surface area contributed by atoms with E-state index in [0.717, 1.165) is 15.9 Å². The molecule has 2 heterocycles. The molecule has 2 rings (SSSR count). The normalized spacial score (nSPS) is 11.0. The van der Waals surface area contributed by atoms with Gasteiger partial charge in [-0.1, -0.05) is 11.3 Å². The van der Waals surface area contributed by atoms with Crippen LogP contribution in [0.25, 0.3) is 4.96 Å². The van der Waals surface area contributed by atoms with E-state index in [1.54, 1.807) is 0 Å². The first-order valence-corrected chi connectivity index (χ1v) is 4.50. The van der Waals surface area contributed by atoms with Gasteiger partial charge in [0.2, 0.25) is 15.2 Å². The van der Waals surface area contributed by atoms with Gasteiger partial charge >= 0.3 is 5.56 Å². The lowest BCUT2D eigenvalue weighted by Gasteiger charge is -1.93. The van der Waals surface area contributed by atoms with Crippen LogP contribution in [0.3, 0.4) is 0 Å². The van der Waals surface area contributed by atoms with Gasteiger partial charge in [0.25, 0.3) is 0 Å². The van der Waals surface area contributed by atoms with E-state index in [0.29, 0.717) is 4.96 Å². The van der Waals surface area contributed by atoms with E-state index < -0.39 is 11.4 Å². The molecule has 0 fully saturated rings. The predicted octanol–water partition coefficient (Wildman–Crippen LogP) is 1.25. The van der Waals surface area contributed by atoms with Crippen molar-refractivity contribution in [3.05, 3.63) is 26.3 Å². The molecule has 0 aromatic carbocycles. The van der Waals surface area contributed by atoms with Crippen LogP contribution >= 0.6 is 22.9 Å². The van der Waals surface area contributed by atoms with Crippen LogP contribution in [-0.2, 0) is 0 Å². The largest absolute Gasteiger partial charge is 0.311 e. The fraction of sp³-hybridized carbons (Fsp3) is 0.167. The fourth-order valence-corrected chi connectivity index (χ4v) is 1.85. The minimum absolute atomic E-state index is 0.0605. The number of hydrogen-bond donors (Lipinski definition) is 0. The fourth-order valence-electron chi connectivity index (χ4n) is 0.903. The highest BCUT2D eigenvalue weighted by Gasteiger charge is 2.11. The second-order valence-corrected chi connectivity index (χ2v) is 3.90. The Morgan fingerprint density at radius 3 is 3.00 bits per heavy atom. The van der Waals surface area contributed by atoms with Crippen LogP contribution in [0.2, 0.25) is 4.47 Å². The smallest absolute Gasteiger partial charge is 0.264 e. The average Bonchev–Trinajstić information content (AvgIpc) is 2.42. The lowest BCUT2D eigenvalue weighted by molar-refractivity contribution is 0.579. The zero-order valence-corrected chi connectivity index (χ0v) is 7.99. The summed E-state index contributed by atoms with van der Waals surface area (Å²) in [7, 11) is 0. The van der Waals surface area contributed by atoms with Crippen LogP contribution in [0.15, 0.2) is 4.79 Å². The molecule has 0 aliphatic heterocycles. The van der Waals surface area contributed by atoms with Gasteiger partial charge in [-0.3, -0.25) is 4.79 Å². The molecule has 0 aliphatic rings. The van der Waals surface area contributed by atoms with Crippen LogP contribution < -0.4 is 5.56 Å². The third kappa shape index (κ3) is 1.22. The summed E-state index contributed by atoms with van der Waals surface area (Å²) in [4.78, 5) is 15.3. The third-order valence-electron chi connectivity index (χ3n) is 1.50. The van der Waals surface area contributed by atoms with Crippen molar-refractivity contribution in [3.63, 3.8) is 0 Å². The Balaban J connectivity index is 3.01. The first-order valence-electron chi connectivity index (χ1n) is 3.31. The van der Waals surface area contributed by atoms with Crippen molar-refractivity contribution < 1.29 is 4.39 Å². The second-order valence-electron chi connectivity index (χ2n) is 2.37. The first kappa shape index (κ1) is 8.58. The molecule has 4 nitrogen and oxygen atoms in total. The summed E-state index contributed by atoms with van der Waals surface area (Å²) in [6.07, 6.45) is 0. The first-order chi connectivity index (χ1) is 6.09. The number of rotatable bonds is 0. The number of aryl methyl sites for hydroxylation is 1. The van der Waals surface area contributed by atoms with Gasteiger partial charge in [-0.15, -0.1) is 5.10 Å². The number of aromatic nitrogens is 3. The van der Waals surface area contributed by atoms with E-state index in [4.69, 9.17) is 11.6 Å². The summed E-state index contributed by atoms with van der Waals surface area (Å²) in [5.41, 5.74) is -0.754. The van der Waals surface area contributed by atoms with Gasteiger partial charge in [-0.2, -0.15) is 8.91 Å². The molecule has 7 heteroatoms. The molecule has 13 heavy (non-hydrogen) atoms. The molecule has 68 valence electrons. The van der Waals surface area contributed by atoms with Crippen molar-refractivity contribution in [2.24, 2.45) is 0 Å². The lowest BCUT2D eigenvalue weighted by atomic mass is 10.4. The molecule has 0 bridgehead atoms. The number of nitrogens with zero attached hydrogens (tertiary/aromatic N) is 3. The topological polar surface area (TPSA) is 47.3 Å². The van der Waals surface area contributed by atoms with E-state index in [2.05, 4.69) is 10.1 Å². The Morgan fingerprint density at radius 1 is 1.62 bits per heavy atom. The summed E-state index contributed by atoms with van der Waals surface area (Å²) >= 11 is 6.57. The van der Waals surface area contributed by atoms with Crippen molar-refractivity contribution in [3.8, 4) is 0 Å². The number of halogens is 2. The van der Waals surface area contributed by atoms with E-state index in [1.165, 1.54) is 6.92 Å². The van der Waals surface area contributed by atoms with Gasteiger partial charge in [0.15, 0.2) is 0 Å².